The Hall–Kier alpha value is -1.06. The molecule has 0 spiro atoms. The van der Waals surface area contributed by atoms with Crippen LogP contribution in [0.3, 0.4) is 0 Å². The van der Waals surface area contributed by atoms with E-state index in [1.165, 1.54) is 12.0 Å². The van der Waals surface area contributed by atoms with Gasteiger partial charge in [-0.15, -0.1) is 0 Å². The van der Waals surface area contributed by atoms with Gasteiger partial charge in [0, 0.05) is 6.04 Å². The van der Waals surface area contributed by atoms with Crippen LogP contribution in [0, 0.1) is 5.92 Å². The highest BCUT2D eigenvalue weighted by Gasteiger charge is 2.22. The molecule has 3 nitrogen and oxygen atoms in total. The van der Waals surface area contributed by atoms with Crippen LogP contribution in [0.2, 0.25) is 0 Å². The SMILES string of the molecule is COc1ccc(C(N)C2CCNC2)cc1. The predicted molar refractivity (Wildman–Crippen MR) is 60.9 cm³/mol. The Kier molecular flexibility index (Phi) is 3.23. The minimum Gasteiger partial charge on any atom is -0.497 e. The summed E-state index contributed by atoms with van der Waals surface area (Å²) in [6.07, 6.45) is 1.17. The molecule has 2 unspecified atom stereocenters. The topological polar surface area (TPSA) is 47.3 Å². The highest BCUT2D eigenvalue weighted by atomic mass is 16.5. The van der Waals surface area contributed by atoms with Gasteiger partial charge in [0.05, 0.1) is 7.11 Å². The van der Waals surface area contributed by atoms with Crippen LogP contribution in [0.25, 0.3) is 0 Å². The first-order valence-electron chi connectivity index (χ1n) is 5.41. The molecule has 0 bridgehead atoms. The summed E-state index contributed by atoms with van der Waals surface area (Å²) < 4.78 is 5.12. The first kappa shape index (κ1) is 10.5. The largest absolute Gasteiger partial charge is 0.497 e. The van der Waals surface area contributed by atoms with Gasteiger partial charge in [0.1, 0.15) is 5.75 Å². The normalized spacial score (nSPS) is 22.7. The molecule has 1 saturated heterocycles. The number of methoxy groups -OCH3 is 1. The summed E-state index contributed by atoms with van der Waals surface area (Å²) in [7, 11) is 1.68. The standard InChI is InChI=1S/C12H18N2O/c1-15-11-4-2-9(3-5-11)12(13)10-6-7-14-8-10/h2-5,10,12,14H,6-8,13H2,1H3. The smallest absolute Gasteiger partial charge is 0.118 e. The summed E-state index contributed by atoms with van der Waals surface area (Å²) >= 11 is 0. The first-order valence-corrected chi connectivity index (χ1v) is 5.41. The average molecular weight is 206 g/mol. The summed E-state index contributed by atoms with van der Waals surface area (Å²) in [4.78, 5) is 0. The molecule has 0 saturated carbocycles. The lowest BCUT2D eigenvalue weighted by molar-refractivity contribution is 0.413. The van der Waals surface area contributed by atoms with Crippen molar-refractivity contribution in [3.05, 3.63) is 29.8 Å². The Morgan fingerprint density at radius 1 is 1.40 bits per heavy atom. The molecule has 82 valence electrons. The van der Waals surface area contributed by atoms with Crippen LogP contribution in [-0.2, 0) is 0 Å². The quantitative estimate of drug-likeness (QED) is 0.783. The van der Waals surface area contributed by atoms with Crippen LogP contribution in [0.15, 0.2) is 24.3 Å². The zero-order valence-corrected chi connectivity index (χ0v) is 9.07. The van der Waals surface area contributed by atoms with Crippen molar-refractivity contribution in [2.24, 2.45) is 11.7 Å². The van der Waals surface area contributed by atoms with E-state index >= 15 is 0 Å². The molecule has 0 amide bonds. The molecule has 0 aliphatic carbocycles. The monoisotopic (exact) mass is 206 g/mol. The third-order valence-corrected chi connectivity index (χ3v) is 3.11. The van der Waals surface area contributed by atoms with Gasteiger partial charge < -0.3 is 15.8 Å². The predicted octanol–water partition coefficient (Wildman–Crippen LogP) is 1.30. The highest BCUT2D eigenvalue weighted by Crippen LogP contribution is 2.25. The van der Waals surface area contributed by atoms with Crippen LogP contribution in [0.4, 0.5) is 0 Å². The van der Waals surface area contributed by atoms with E-state index in [-0.39, 0.29) is 6.04 Å². The van der Waals surface area contributed by atoms with E-state index in [1.54, 1.807) is 7.11 Å². The van der Waals surface area contributed by atoms with Crippen molar-refractivity contribution in [2.45, 2.75) is 12.5 Å². The molecule has 2 rings (SSSR count). The molecule has 2 atom stereocenters. The lowest BCUT2D eigenvalue weighted by Crippen LogP contribution is -2.23. The molecule has 1 aromatic rings. The Morgan fingerprint density at radius 3 is 2.67 bits per heavy atom. The van der Waals surface area contributed by atoms with Gasteiger partial charge in [0.25, 0.3) is 0 Å². The molecule has 1 aliphatic heterocycles. The van der Waals surface area contributed by atoms with Crippen molar-refractivity contribution in [1.29, 1.82) is 0 Å². The second-order valence-electron chi connectivity index (χ2n) is 4.05. The molecule has 3 heteroatoms. The first-order chi connectivity index (χ1) is 7.31. The van der Waals surface area contributed by atoms with Crippen LogP contribution >= 0.6 is 0 Å². The van der Waals surface area contributed by atoms with E-state index < -0.39 is 0 Å². The Morgan fingerprint density at radius 2 is 2.13 bits per heavy atom. The summed E-state index contributed by atoms with van der Waals surface area (Å²) in [5.41, 5.74) is 7.41. The zero-order chi connectivity index (χ0) is 10.7. The molecule has 1 aliphatic rings. The fourth-order valence-corrected chi connectivity index (χ4v) is 2.08. The van der Waals surface area contributed by atoms with Crippen LogP contribution in [0.5, 0.6) is 5.75 Å². The summed E-state index contributed by atoms with van der Waals surface area (Å²) in [6, 6.07) is 8.20. The number of nitrogens with one attached hydrogen (secondary N) is 1. The number of hydrogen-bond acceptors (Lipinski definition) is 3. The van der Waals surface area contributed by atoms with Crippen LogP contribution in [0.1, 0.15) is 18.0 Å². The van der Waals surface area contributed by atoms with Crippen LogP contribution in [-0.4, -0.2) is 20.2 Å². The van der Waals surface area contributed by atoms with E-state index in [9.17, 15) is 0 Å². The van der Waals surface area contributed by atoms with Crippen molar-refractivity contribution in [3.63, 3.8) is 0 Å². The zero-order valence-electron chi connectivity index (χ0n) is 9.07. The number of benzene rings is 1. The lowest BCUT2D eigenvalue weighted by Gasteiger charge is -2.18. The molecule has 3 N–H and O–H groups in total. The lowest BCUT2D eigenvalue weighted by atomic mass is 9.93. The minimum absolute atomic E-state index is 0.144. The summed E-state index contributed by atoms with van der Waals surface area (Å²) in [5.74, 6) is 1.45. The molecule has 1 aromatic carbocycles. The fraction of sp³-hybridized carbons (Fsp3) is 0.500. The van der Waals surface area contributed by atoms with Gasteiger partial charge >= 0.3 is 0 Å². The molecule has 0 radical (unpaired) electrons. The second-order valence-corrected chi connectivity index (χ2v) is 4.05. The maximum Gasteiger partial charge on any atom is 0.118 e. The van der Waals surface area contributed by atoms with Crippen molar-refractivity contribution in [1.82, 2.24) is 5.32 Å². The number of rotatable bonds is 3. The Bertz CT molecular complexity index is 304. The van der Waals surface area contributed by atoms with E-state index in [2.05, 4.69) is 17.4 Å². The van der Waals surface area contributed by atoms with E-state index in [1.807, 2.05) is 12.1 Å². The van der Waals surface area contributed by atoms with Gasteiger partial charge in [-0.25, -0.2) is 0 Å². The van der Waals surface area contributed by atoms with Crippen molar-refractivity contribution >= 4 is 0 Å². The van der Waals surface area contributed by atoms with Crippen molar-refractivity contribution < 1.29 is 4.74 Å². The van der Waals surface area contributed by atoms with Gasteiger partial charge in [-0.1, -0.05) is 12.1 Å². The van der Waals surface area contributed by atoms with Crippen molar-refractivity contribution in [2.75, 3.05) is 20.2 Å². The number of ether oxygens (including phenoxy) is 1. The number of nitrogens with two attached hydrogens (primary N) is 1. The molecule has 0 aromatic heterocycles. The van der Waals surface area contributed by atoms with E-state index in [4.69, 9.17) is 10.5 Å². The average Bonchev–Trinajstić information content (AvgIpc) is 2.82. The molecular weight excluding hydrogens is 188 g/mol. The number of hydrogen-bond donors (Lipinski definition) is 2. The molecule has 1 heterocycles. The van der Waals surface area contributed by atoms with Gasteiger partial charge in [-0.05, 0) is 43.1 Å². The molecule has 15 heavy (non-hydrogen) atoms. The third kappa shape index (κ3) is 2.30. The van der Waals surface area contributed by atoms with Gasteiger partial charge in [0.2, 0.25) is 0 Å². The van der Waals surface area contributed by atoms with Gasteiger partial charge in [0.15, 0.2) is 0 Å². The Labute approximate surface area is 90.6 Å². The summed E-state index contributed by atoms with van der Waals surface area (Å²) in [5, 5.41) is 3.34. The van der Waals surface area contributed by atoms with E-state index in [0.717, 1.165) is 18.8 Å². The van der Waals surface area contributed by atoms with Gasteiger partial charge in [-0.3, -0.25) is 0 Å². The van der Waals surface area contributed by atoms with Crippen LogP contribution < -0.4 is 15.8 Å². The minimum atomic E-state index is 0.144. The highest BCUT2D eigenvalue weighted by molar-refractivity contribution is 5.29. The van der Waals surface area contributed by atoms with E-state index in [0.29, 0.717) is 5.92 Å². The Balaban J connectivity index is 2.07. The molecular formula is C12H18N2O. The van der Waals surface area contributed by atoms with Gasteiger partial charge in [-0.2, -0.15) is 0 Å². The second kappa shape index (κ2) is 4.64. The summed E-state index contributed by atoms with van der Waals surface area (Å²) in [6.45, 7) is 2.13. The van der Waals surface area contributed by atoms with Crippen molar-refractivity contribution in [3.8, 4) is 5.75 Å². The maximum atomic E-state index is 6.21. The molecule has 1 fully saturated rings. The third-order valence-electron chi connectivity index (χ3n) is 3.11. The fourth-order valence-electron chi connectivity index (χ4n) is 2.08. The maximum absolute atomic E-state index is 6.21.